The molecule has 1 heterocycles. The summed E-state index contributed by atoms with van der Waals surface area (Å²) < 4.78 is 0. The maximum atomic E-state index is 11.9. The quantitative estimate of drug-likeness (QED) is 0.705. The van der Waals surface area contributed by atoms with Crippen molar-refractivity contribution in [3.8, 4) is 0 Å². The zero-order valence-corrected chi connectivity index (χ0v) is 10.9. The topological polar surface area (TPSA) is 37.4 Å². The van der Waals surface area contributed by atoms with Gasteiger partial charge in [0.25, 0.3) is 0 Å². The van der Waals surface area contributed by atoms with Crippen LogP contribution >= 0.6 is 0 Å². The summed E-state index contributed by atoms with van der Waals surface area (Å²) in [5.74, 6) is 0.458. The van der Waals surface area contributed by atoms with Gasteiger partial charge in [-0.05, 0) is 51.6 Å². The molecule has 17 heavy (non-hydrogen) atoms. The van der Waals surface area contributed by atoms with Gasteiger partial charge in [-0.2, -0.15) is 0 Å². The molecule has 0 aromatic carbocycles. The van der Waals surface area contributed by atoms with Crippen molar-refractivity contribution in [2.45, 2.75) is 52.0 Å². The van der Waals surface area contributed by atoms with Gasteiger partial charge in [0.05, 0.1) is 5.92 Å². The van der Waals surface area contributed by atoms with Crippen molar-refractivity contribution >= 4 is 11.6 Å². The highest BCUT2D eigenvalue weighted by Gasteiger charge is 2.41. The molecule has 2 rings (SSSR count). The van der Waals surface area contributed by atoms with Crippen LogP contribution in [0.4, 0.5) is 0 Å². The summed E-state index contributed by atoms with van der Waals surface area (Å²) in [6, 6.07) is 0.482. The normalized spacial score (nSPS) is 34.5. The third-order valence-electron chi connectivity index (χ3n) is 4.36. The van der Waals surface area contributed by atoms with E-state index in [9.17, 15) is 9.59 Å². The van der Waals surface area contributed by atoms with Crippen LogP contribution in [0, 0.1) is 11.8 Å². The van der Waals surface area contributed by atoms with Crippen molar-refractivity contribution in [2.24, 2.45) is 11.8 Å². The fourth-order valence-corrected chi connectivity index (χ4v) is 3.52. The summed E-state index contributed by atoms with van der Waals surface area (Å²) in [4.78, 5) is 25.9. The molecular formula is C14H23NO2. The van der Waals surface area contributed by atoms with Gasteiger partial charge in [0.2, 0.25) is 0 Å². The van der Waals surface area contributed by atoms with Gasteiger partial charge in [-0.15, -0.1) is 0 Å². The maximum Gasteiger partial charge on any atom is 0.143 e. The number of likely N-dealkylation sites (tertiary alicyclic amines) is 1. The van der Waals surface area contributed by atoms with Crippen molar-refractivity contribution in [2.75, 3.05) is 13.1 Å². The van der Waals surface area contributed by atoms with Gasteiger partial charge < -0.3 is 4.90 Å². The standard InChI is InChI=1S/C14H23NO2/c1-3-6-15-7-4-5-11-8-14(17)12(10(2)16)9-13(11)15/h11-13H,3-9H2,1-2H3. The van der Waals surface area contributed by atoms with E-state index < -0.39 is 0 Å². The van der Waals surface area contributed by atoms with E-state index in [2.05, 4.69) is 11.8 Å². The lowest BCUT2D eigenvalue weighted by Gasteiger charge is -2.45. The van der Waals surface area contributed by atoms with Gasteiger partial charge in [-0.25, -0.2) is 0 Å². The summed E-state index contributed by atoms with van der Waals surface area (Å²) in [7, 11) is 0. The predicted octanol–water partition coefficient (Wildman–Crippen LogP) is 2.05. The van der Waals surface area contributed by atoms with Crippen LogP contribution in [0.25, 0.3) is 0 Å². The Hall–Kier alpha value is -0.700. The molecule has 3 heteroatoms. The van der Waals surface area contributed by atoms with Crippen LogP contribution in [0.15, 0.2) is 0 Å². The van der Waals surface area contributed by atoms with Gasteiger partial charge >= 0.3 is 0 Å². The smallest absolute Gasteiger partial charge is 0.143 e. The van der Waals surface area contributed by atoms with Gasteiger partial charge in [-0.1, -0.05) is 6.92 Å². The van der Waals surface area contributed by atoms with Crippen molar-refractivity contribution < 1.29 is 9.59 Å². The van der Waals surface area contributed by atoms with Crippen LogP contribution in [-0.4, -0.2) is 35.6 Å². The van der Waals surface area contributed by atoms with Gasteiger partial charge in [0, 0.05) is 12.5 Å². The van der Waals surface area contributed by atoms with E-state index in [4.69, 9.17) is 0 Å². The highest BCUT2D eigenvalue weighted by atomic mass is 16.1. The Balaban J connectivity index is 2.10. The number of ketones is 2. The van der Waals surface area contributed by atoms with E-state index >= 15 is 0 Å². The third kappa shape index (κ3) is 2.59. The van der Waals surface area contributed by atoms with Crippen LogP contribution in [0.2, 0.25) is 0 Å². The maximum absolute atomic E-state index is 11.9. The summed E-state index contributed by atoms with van der Waals surface area (Å²) in [5, 5.41) is 0. The van der Waals surface area contributed by atoms with Gasteiger partial charge in [0.1, 0.15) is 11.6 Å². The number of carbonyl (C=O) groups excluding carboxylic acids is 2. The van der Waals surface area contributed by atoms with E-state index in [-0.39, 0.29) is 17.5 Å². The van der Waals surface area contributed by atoms with E-state index in [1.165, 1.54) is 12.8 Å². The Morgan fingerprint density at radius 3 is 2.88 bits per heavy atom. The number of carbonyl (C=O) groups is 2. The summed E-state index contributed by atoms with van der Waals surface area (Å²) in [5.41, 5.74) is 0. The highest BCUT2D eigenvalue weighted by molar-refractivity contribution is 6.02. The molecule has 0 spiro atoms. The van der Waals surface area contributed by atoms with Crippen LogP contribution in [0.5, 0.6) is 0 Å². The number of Topliss-reactive ketones (excluding diaryl/α,β-unsaturated/α-hetero) is 2. The first-order valence-corrected chi connectivity index (χ1v) is 6.90. The predicted molar refractivity (Wildman–Crippen MR) is 66.8 cm³/mol. The Labute approximate surface area is 104 Å². The second-order valence-electron chi connectivity index (χ2n) is 5.58. The lowest BCUT2D eigenvalue weighted by atomic mass is 9.72. The molecule has 1 aliphatic carbocycles. The highest BCUT2D eigenvalue weighted by Crippen LogP contribution is 2.36. The Morgan fingerprint density at radius 1 is 1.47 bits per heavy atom. The molecule has 3 atom stereocenters. The monoisotopic (exact) mass is 237 g/mol. The number of piperidine rings is 1. The number of nitrogens with zero attached hydrogens (tertiary/aromatic N) is 1. The van der Waals surface area contributed by atoms with Gasteiger partial charge in [0.15, 0.2) is 0 Å². The summed E-state index contributed by atoms with van der Waals surface area (Å²) >= 11 is 0. The Morgan fingerprint density at radius 2 is 2.24 bits per heavy atom. The second-order valence-corrected chi connectivity index (χ2v) is 5.58. The zero-order valence-electron chi connectivity index (χ0n) is 10.9. The lowest BCUT2D eigenvalue weighted by molar-refractivity contribution is -0.137. The van der Waals surface area contributed by atoms with Crippen molar-refractivity contribution in [3.63, 3.8) is 0 Å². The van der Waals surface area contributed by atoms with E-state index in [1.807, 2.05) is 0 Å². The average molecular weight is 237 g/mol. The SMILES string of the molecule is CCCN1CCCC2CC(=O)C(C(C)=O)CC21. The molecule has 1 saturated heterocycles. The molecule has 96 valence electrons. The van der Waals surface area contributed by atoms with Gasteiger partial charge in [-0.3, -0.25) is 9.59 Å². The second kappa shape index (κ2) is 5.30. The fourth-order valence-electron chi connectivity index (χ4n) is 3.52. The summed E-state index contributed by atoms with van der Waals surface area (Å²) in [6.45, 7) is 6.02. The lowest BCUT2D eigenvalue weighted by Crippen LogP contribution is -2.51. The molecule has 3 unspecified atom stereocenters. The number of hydrogen-bond donors (Lipinski definition) is 0. The minimum atomic E-state index is -0.311. The number of fused-ring (bicyclic) bond motifs is 1. The molecule has 0 bridgehead atoms. The molecule has 1 saturated carbocycles. The molecule has 0 N–H and O–H groups in total. The zero-order chi connectivity index (χ0) is 12.4. The third-order valence-corrected chi connectivity index (χ3v) is 4.36. The van der Waals surface area contributed by atoms with Crippen LogP contribution in [0.3, 0.4) is 0 Å². The molecule has 3 nitrogen and oxygen atoms in total. The number of rotatable bonds is 3. The minimum absolute atomic E-state index is 0.0653. The van der Waals surface area contributed by atoms with Crippen LogP contribution in [-0.2, 0) is 9.59 Å². The van der Waals surface area contributed by atoms with Crippen molar-refractivity contribution in [3.05, 3.63) is 0 Å². The first-order chi connectivity index (χ1) is 8.13. The molecule has 0 aromatic rings. The first kappa shape index (κ1) is 12.7. The van der Waals surface area contributed by atoms with E-state index in [0.717, 1.165) is 25.9 Å². The number of hydrogen-bond acceptors (Lipinski definition) is 3. The largest absolute Gasteiger partial charge is 0.300 e. The first-order valence-electron chi connectivity index (χ1n) is 6.90. The molecular weight excluding hydrogens is 214 g/mol. The molecule has 0 radical (unpaired) electrons. The minimum Gasteiger partial charge on any atom is -0.300 e. The molecule has 2 fully saturated rings. The molecule has 0 amide bonds. The van der Waals surface area contributed by atoms with Crippen molar-refractivity contribution in [1.29, 1.82) is 0 Å². The van der Waals surface area contributed by atoms with Crippen LogP contribution < -0.4 is 0 Å². The van der Waals surface area contributed by atoms with E-state index in [1.54, 1.807) is 6.92 Å². The molecule has 0 aromatic heterocycles. The summed E-state index contributed by atoms with van der Waals surface area (Å²) in [6.07, 6.45) is 4.94. The Bertz CT molecular complexity index is 311. The average Bonchev–Trinajstić information content (AvgIpc) is 2.28. The van der Waals surface area contributed by atoms with Crippen molar-refractivity contribution in [1.82, 2.24) is 4.90 Å². The van der Waals surface area contributed by atoms with E-state index in [0.29, 0.717) is 18.4 Å². The Kier molecular flexibility index (Phi) is 3.97. The van der Waals surface area contributed by atoms with Crippen LogP contribution in [0.1, 0.15) is 46.0 Å². The molecule has 2 aliphatic rings. The molecule has 1 aliphatic heterocycles. The fraction of sp³-hybridized carbons (Fsp3) is 0.857.